The highest BCUT2D eigenvalue weighted by Gasteiger charge is 2.11. The first-order chi connectivity index (χ1) is 5.97. The molecule has 1 atom stereocenters. The van der Waals surface area contributed by atoms with Gasteiger partial charge in [0.15, 0.2) is 0 Å². The van der Waals surface area contributed by atoms with Crippen molar-refractivity contribution in [3.8, 4) is 0 Å². The van der Waals surface area contributed by atoms with Crippen LogP contribution in [0.4, 0.5) is 0 Å². The summed E-state index contributed by atoms with van der Waals surface area (Å²) in [6.07, 6.45) is 1.20. The van der Waals surface area contributed by atoms with Crippen LogP contribution in [0.15, 0.2) is 0 Å². The number of amides is 1. The quantitative estimate of drug-likeness (QED) is 0.644. The fraction of sp³-hybridized carbons (Fsp3) is 0.909. The van der Waals surface area contributed by atoms with Gasteiger partial charge in [0.2, 0.25) is 5.91 Å². The normalized spacial score (nSPS) is 13.1. The van der Waals surface area contributed by atoms with Gasteiger partial charge >= 0.3 is 0 Å². The molecule has 1 amide bonds. The summed E-state index contributed by atoms with van der Waals surface area (Å²) in [6, 6.07) is 0. The first-order valence-corrected chi connectivity index (χ1v) is 5.22. The molecule has 0 aromatic heterocycles. The summed E-state index contributed by atoms with van der Waals surface area (Å²) < 4.78 is 0. The summed E-state index contributed by atoms with van der Waals surface area (Å²) in [4.78, 5) is 13.0. The zero-order chi connectivity index (χ0) is 10.4. The summed E-state index contributed by atoms with van der Waals surface area (Å²) in [6.45, 7) is 12.1. The zero-order valence-electron chi connectivity index (χ0n) is 9.63. The maximum atomic E-state index is 11.1. The molecule has 78 valence electrons. The van der Waals surface area contributed by atoms with E-state index in [4.69, 9.17) is 0 Å². The second-order valence-electron chi connectivity index (χ2n) is 4.29. The first kappa shape index (κ1) is 12.5. The molecular formula is C11H23NO. The molecule has 0 saturated carbocycles. The average molecular weight is 185 g/mol. The van der Waals surface area contributed by atoms with Crippen LogP contribution < -0.4 is 0 Å². The fourth-order valence-corrected chi connectivity index (χ4v) is 1.74. The van der Waals surface area contributed by atoms with Gasteiger partial charge in [-0.05, 0) is 25.2 Å². The highest BCUT2D eigenvalue weighted by atomic mass is 16.2. The predicted molar refractivity (Wildman–Crippen MR) is 56.5 cm³/mol. The molecule has 0 aliphatic heterocycles. The average Bonchev–Trinajstić information content (AvgIpc) is 1.98. The number of nitrogens with zero attached hydrogens (tertiary/aromatic N) is 1. The second kappa shape index (κ2) is 6.01. The molecule has 0 aliphatic carbocycles. The third-order valence-electron chi connectivity index (χ3n) is 2.23. The number of rotatable bonds is 5. The summed E-state index contributed by atoms with van der Waals surface area (Å²) in [5.41, 5.74) is 0. The van der Waals surface area contributed by atoms with Crippen molar-refractivity contribution in [2.45, 2.75) is 41.0 Å². The zero-order valence-corrected chi connectivity index (χ0v) is 9.63. The van der Waals surface area contributed by atoms with Gasteiger partial charge in [-0.15, -0.1) is 0 Å². The Kier molecular flexibility index (Phi) is 5.76. The smallest absolute Gasteiger partial charge is 0.219 e. The molecule has 0 bridgehead atoms. The Balaban J connectivity index is 3.86. The molecule has 0 rings (SSSR count). The summed E-state index contributed by atoms with van der Waals surface area (Å²) in [7, 11) is 0. The van der Waals surface area contributed by atoms with Crippen molar-refractivity contribution < 1.29 is 4.79 Å². The number of carbonyl (C=O) groups excluding carboxylic acids is 1. The van der Waals surface area contributed by atoms with Crippen molar-refractivity contribution >= 4 is 5.91 Å². The van der Waals surface area contributed by atoms with E-state index in [2.05, 4.69) is 20.8 Å². The van der Waals surface area contributed by atoms with Gasteiger partial charge in [-0.3, -0.25) is 4.79 Å². The van der Waals surface area contributed by atoms with E-state index in [1.807, 2.05) is 11.8 Å². The van der Waals surface area contributed by atoms with Gasteiger partial charge in [0.25, 0.3) is 0 Å². The first-order valence-electron chi connectivity index (χ1n) is 5.22. The van der Waals surface area contributed by atoms with Crippen molar-refractivity contribution in [1.29, 1.82) is 0 Å². The van der Waals surface area contributed by atoms with Crippen molar-refractivity contribution in [3.05, 3.63) is 0 Å². The summed E-state index contributed by atoms with van der Waals surface area (Å²) in [5.74, 6) is 1.53. The van der Waals surface area contributed by atoms with E-state index in [1.165, 1.54) is 6.42 Å². The van der Waals surface area contributed by atoms with E-state index in [0.29, 0.717) is 5.92 Å². The lowest BCUT2D eigenvalue weighted by atomic mass is 9.98. The molecule has 0 aromatic rings. The Bertz CT molecular complexity index is 154. The number of hydrogen-bond donors (Lipinski definition) is 0. The molecule has 0 saturated heterocycles. The van der Waals surface area contributed by atoms with Crippen LogP contribution in [0.25, 0.3) is 0 Å². The molecule has 1 unspecified atom stereocenters. The van der Waals surface area contributed by atoms with E-state index < -0.39 is 0 Å². The van der Waals surface area contributed by atoms with Crippen LogP contribution in [0.3, 0.4) is 0 Å². The Morgan fingerprint density at radius 3 is 2.15 bits per heavy atom. The van der Waals surface area contributed by atoms with Gasteiger partial charge in [0, 0.05) is 20.0 Å². The van der Waals surface area contributed by atoms with Gasteiger partial charge in [-0.1, -0.05) is 20.8 Å². The molecule has 2 nitrogen and oxygen atoms in total. The maximum absolute atomic E-state index is 11.1. The van der Waals surface area contributed by atoms with E-state index in [1.54, 1.807) is 6.92 Å². The summed E-state index contributed by atoms with van der Waals surface area (Å²) >= 11 is 0. The molecule has 0 spiro atoms. The van der Waals surface area contributed by atoms with Crippen LogP contribution in [-0.2, 0) is 4.79 Å². The van der Waals surface area contributed by atoms with Crippen LogP contribution >= 0.6 is 0 Å². The number of hydrogen-bond acceptors (Lipinski definition) is 1. The monoisotopic (exact) mass is 185 g/mol. The van der Waals surface area contributed by atoms with E-state index >= 15 is 0 Å². The molecule has 0 N–H and O–H groups in total. The van der Waals surface area contributed by atoms with E-state index in [9.17, 15) is 4.79 Å². The molecule has 0 aliphatic rings. The Morgan fingerprint density at radius 2 is 1.85 bits per heavy atom. The standard InChI is InChI=1S/C11H23NO/c1-6-12(11(5)13)8-10(4)7-9(2)3/h9-10H,6-8H2,1-5H3. The third-order valence-corrected chi connectivity index (χ3v) is 2.23. The van der Waals surface area contributed by atoms with Gasteiger partial charge in [-0.25, -0.2) is 0 Å². The molecular weight excluding hydrogens is 162 g/mol. The van der Waals surface area contributed by atoms with E-state index in [-0.39, 0.29) is 5.91 Å². The van der Waals surface area contributed by atoms with Crippen LogP contribution in [0.1, 0.15) is 41.0 Å². The molecule has 0 fully saturated rings. The Hall–Kier alpha value is -0.530. The van der Waals surface area contributed by atoms with Gasteiger partial charge in [0.05, 0.1) is 0 Å². The maximum Gasteiger partial charge on any atom is 0.219 e. The fourth-order valence-electron chi connectivity index (χ4n) is 1.74. The van der Waals surface area contributed by atoms with Crippen molar-refractivity contribution in [1.82, 2.24) is 4.90 Å². The highest BCUT2D eigenvalue weighted by Crippen LogP contribution is 2.12. The van der Waals surface area contributed by atoms with Crippen LogP contribution in [0.2, 0.25) is 0 Å². The third kappa shape index (κ3) is 5.67. The van der Waals surface area contributed by atoms with Gasteiger partial charge < -0.3 is 4.90 Å². The minimum atomic E-state index is 0.193. The highest BCUT2D eigenvalue weighted by molar-refractivity contribution is 5.73. The lowest BCUT2D eigenvalue weighted by Crippen LogP contribution is -2.33. The molecule has 0 radical (unpaired) electrons. The van der Waals surface area contributed by atoms with E-state index in [0.717, 1.165) is 19.0 Å². The molecule has 0 aromatic carbocycles. The largest absolute Gasteiger partial charge is 0.343 e. The van der Waals surface area contributed by atoms with Crippen molar-refractivity contribution in [2.24, 2.45) is 11.8 Å². The van der Waals surface area contributed by atoms with Gasteiger partial charge in [-0.2, -0.15) is 0 Å². The van der Waals surface area contributed by atoms with Crippen molar-refractivity contribution in [3.63, 3.8) is 0 Å². The second-order valence-corrected chi connectivity index (χ2v) is 4.29. The molecule has 0 heterocycles. The summed E-state index contributed by atoms with van der Waals surface area (Å²) in [5, 5.41) is 0. The SMILES string of the molecule is CCN(CC(C)CC(C)C)C(C)=O. The van der Waals surface area contributed by atoms with Crippen LogP contribution in [-0.4, -0.2) is 23.9 Å². The van der Waals surface area contributed by atoms with Crippen LogP contribution in [0.5, 0.6) is 0 Å². The minimum absolute atomic E-state index is 0.193. The van der Waals surface area contributed by atoms with Gasteiger partial charge in [0.1, 0.15) is 0 Å². The predicted octanol–water partition coefficient (Wildman–Crippen LogP) is 2.54. The minimum Gasteiger partial charge on any atom is -0.343 e. The Morgan fingerprint density at radius 1 is 1.31 bits per heavy atom. The molecule has 2 heteroatoms. The molecule has 13 heavy (non-hydrogen) atoms. The van der Waals surface area contributed by atoms with Crippen molar-refractivity contribution in [2.75, 3.05) is 13.1 Å². The lowest BCUT2D eigenvalue weighted by molar-refractivity contribution is -0.129. The number of carbonyl (C=O) groups is 1. The lowest BCUT2D eigenvalue weighted by Gasteiger charge is -2.24. The van der Waals surface area contributed by atoms with Crippen LogP contribution in [0, 0.1) is 11.8 Å². The Labute approximate surface area is 82.3 Å². The topological polar surface area (TPSA) is 20.3 Å².